The number of alkyl halides is 1. The Morgan fingerprint density at radius 1 is 1.35 bits per heavy atom. The van der Waals surface area contributed by atoms with Crippen LogP contribution in [0.2, 0.25) is 5.02 Å². The van der Waals surface area contributed by atoms with Gasteiger partial charge in [0.1, 0.15) is 0 Å². The molecule has 1 saturated heterocycles. The van der Waals surface area contributed by atoms with Crippen molar-refractivity contribution in [2.45, 2.75) is 18.8 Å². The number of hydrogen-bond acceptors (Lipinski definition) is 2. The van der Waals surface area contributed by atoms with E-state index in [0.29, 0.717) is 17.4 Å². The molecule has 0 bridgehead atoms. The Hall–Kier alpha value is -0.770. The van der Waals surface area contributed by atoms with E-state index in [9.17, 15) is 9.90 Å². The number of carbonyl (C=O) groups is 1. The summed E-state index contributed by atoms with van der Waals surface area (Å²) in [5.41, 5.74) is 1.07. The first-order chi connectivity index (χ1) is 9.61. The normalized spacial score (nSPS) is 23.7. The number of hydrogen-bond donors (Lipinski definition) is 1. The highest BCUT2D eigenvalue weighted by molar-refractivity contribution is 6.30. The molecule has 5 heteroatoms. The molecular weight excluding hydrogens is 297 g/mol. The molecule has 1 N–H and O–H groups in total. The number of piperidine rings is 1. The summed E-state index contributed by atoms with van der Waals surface area (Å²) in [4.78, 5) is 13.7. The molecule has 0 radical (unpaired) electrons. The molecule has 1 aliphatic heterocycles. The minimum atomic E-state index is -0.722. The molecule has 0 unspecified atom stereocenters. The second-order valence-electron chi connectivity index (χ2n) is 5.23. The first kappa shape index (κ1) is 15.6. The topological polar surface area (TPSA) is 40.5 Å². The second-order valence-corrected chi connectivity index (χ2v) is 6.05. The second kappa shape index (κ2) is 7.30. The van der Waals surface area contributed by atoms with Crippen LogP contribution in [0.15, 0.2) is 24.3 Å². The molecule has 0 amide bonds. The molecule has 3 nitrogen and oxygen atoms in total. The van der Waals surface area contributed by atoms with Crippen molar-refractivity contribution < 1.29 is 9.90 Å². The lowest BCUT2D eigenvalue weighted by Gasteiger charge is -2.36. The van der Waals surface area contributed by atoms with Gasteiger partial charge in [-0.05, 0) is 49.5 Å². The highest BCUT2D eigenvalue weighted by Crippen LogP contribution is 2.33. The van der Waals surface area contributed by atoms with Crippen molar-refractivity contribution in [2.24, 2.45) is 5.92 Å². The Bertz CT molecular complexity index is 450. The summed E-state index contributed by atoms with van der Waals surface area (Å²) >= 11 is 11.6. The van der Waals surface area contributed by atoms with Crippen LogP contribution in [0.25, 0.3) is 0 Å². The number of carboxylic acids is 1. The molecule has 20 heavy (non-hydrogen) atoms. The SMILES string of the molecule is O=C(O)[C@@H]1CN(CCCCl)CC[C@@H]1c1ccc(Cl)cc1. The highest BCUT2D eigenvalue weighted by Gasteiger charge is 2.34. The molecule has 0 saturated carbocycles. The van der Waals surface area contributed by atoms with Gasteiger partial charge in [0.25, 0.3) is 0 Å². The summed E-state index contributed by atoms with van der Waals surface area (Å²) in [6, 6.07) is 7.54. The maximum Gasteiger partial charge on any atom is 0.308 e. The standard InChI is InChI=1S/C15H19Cl2NO2/c16-7-1-8-18-9-6-13(14(10-18)15(19)20)11-2-4-12(17)5-3-11/h2-5,13-14H,1,6-10H2,(H,19,20)/t13-,14-/m1/s1. The van der Waals surface area contributed by atoms with Gasteiger partial charge in [-0.25, -0.2) is 0 Å². The fraction of sp³-hybridized carbons (Fsp3) is 0.533. The van der Waals surface area contributed by atoms with Crippen molar-refractivity contribution >= 4 is 29.2 Å². The van der Waals surface area contributed by atoms with Gasteiger partial charge in [-0.3, -0.25) is 4.79 Å². The minimum Gasteiger partial charge on any atom is -0.481 e. The minimum absolute atomic E-state index is 0.0667. The number of benzene rings is 1. The number of aliphatic carboxylic acids is 1. The number of nitrogens with zero attached hydrogens (tertiary/aromatic N) is 1. The van der Waals surface area contributed by atoms with Crippen molar-refractivity contribution in [3.63, 3.8) is 0 Å². The Labute approximate surface area is 129 Å². The number of carboxylic acid groups (broad SMARTS) is 1. The summed E-state index contributed by atoms with van der Waals surface area (Å²) in [6.07, 6.45) is 1.76. The molecule has 1 aliphatic rings. The van der Waals surface area contributed by atoms with E-state index >= 15 is 0 Å². The van der Waals surface area contributed by atoms with E-state index in [1.54, 1.807) is 0 Å². The molecule has 2 atom stereocenters. The van der Waals surface area contributed by atoms with E-state index in [2.05, 4.69) is 4.90 Å². The Balaban J connectivity index is 2.09. The predicted octanol–water partition coefficient (Wildman–Crippen LogP) is 3.46. The lowest BCUT2D eigenvalue weighted by molar-refractivity contribution is -0.144. The van der Waals surface area contributed by atoms with E-state index in [0.717, 1.165) is 31.5 Å². The van der Waals surface area contributed by atoms with Crippen LogP contribution < -0.4 is 0 Å². The Morgan fingerprint density at radius 3 is 2.65 bits per heavy atom. The third-order valence-corrected chi connectivity index (χ3v) is 4.44. The van der Waals surface area contributed by atoms with Crippen LogP contribution in [-0.2, 0) is 4.79 Å². The number of halogens is 2. The maximum absolute atomic E-state index is 11.5. The van der Waals surface area contributed by atoms with Crippen LogP contribution in [0.3, 0.4) is 0 Å². The molecule has 1 fully saturated rings. The zero-order valence-corrected chi connectivity index (χ0v) is 12.8. The van der Waals surface area contributed by atoms with Gasteiger partial charge < -0.3 is 10.0 Å². The van der Waals surface area contributed by atoms with Crippen LogP contribution in [0.1, 0.15) is 24.3 Å². The molecule has 0 aliphatic carbocycles. The van der Waals surface area contributed by atoms with Gasteiger partial charge in [-0.15, -0.1) is 11.6 Å². The lowest BCUT2D eigenvalue weighted by Crippen LogP contribution is -2.43. The van der Waals surface area contributed by atoms with Crippen LogP contribution in [0.4, 0.5) is 0 Å². The highest BCUT2D eigenvalue weighted by atomic mass is 35.5. The molecule has 1 aromatic rings. The molecule has 1 aromatic carbocycles. The van der Waals surface area contributed by atoms with E-state index < -0.39 is 5.97 Å². The van der Waals surface area contributed by atoms with Gasteiger partial charge in [-0.1, -0.05) is 23.7 Å². The van der Waals surface area contributed by atoms with Crippen molar-refractivity contribution in [1.29, 1.82) is 0 Å². The molecular formula is C15H19Cl2NO2. The van der Waals surface area contributed by atoms with E-state index in [4.69, 9.17) is 23.2 Å². The van der Waals surface area contributed by atoms with Gasteiger partial charge in [0.2, 0.25) is 0 Å². The number of likely N-dealkylation sites (tertiary alicyclic amines) is 1. The van der Waals surface area contributed by atoms with Gasteiger partial charge in [0.15, 0.2) is 0 Å². The zero-order valence-electron chi connectivity index (χ0n) is 11.3. The van der Waals surface area contributed by atoms with Crippen LogP contribution in [0, 0.1) is 5.92 Å². The smallest absolute Gasteiger partial charge is 0.308 e. The monoisotopic (exact) mass is 315 g/mol. The van der Waals surface area contributed by atoms with Crippen molar-refractivity contribution in [1.82, 2.24) is 4.90 Å². The third kappa shape index (κ3) is 3.87. The largest absolute Gasteiger partial charge is 0.481 e. The molecule has 0 aromatic heterocycles. The fourth-order valence-electron chi connectivity index (χ4n) is 2.87. The third-order valence-electron chi connectivity index (χ3n) is 3.92. The Kier molecular flexibility index (Phi) is 5.70. The Morgan fingerprint density at radius 2 is 2.05 bits per heavy atom. The van der Waals surface area contributed by atoms with Crippen molar-refractivity contribution in [3.8, 4) is 0 Å². The van der Waals surface area contributed by atoms with Crippen LogP contribution >= 0.6 is 23.2 Å². The maximum atomic E-state index is 11.5. The number of rotatable bonds is 5. The molecule has 2 rings (SSSR count). The van der Waals surface area contributed by atoms with Gasteiger partial charge >= 0.3 is 5.97 Å². The van der Waals surface area contributed by atoms with E-state index in [1.807, 2.05) is 24.3 Å². The van der Waals surface area contributed by atoms with Crippen LogP contribution in [0.5, 0.6) is 0 Å². The first-order valence-electron chi connectivity index (χ1n) is 6.88. The van der Waals surface area contributed by atoms with E-state index in [1.165, 1.54) is 0 Å². The summed E-state index contributed by atoms with van der Waals surface area (Å²) in [7, 11) is 0. The van der Waals surface area contributed by atoms with Crippen molar-refractivity contribution in [2.75, 3.05) is 25.5 Å². The first-order valence-corrected chi connectivity index (χ1v) is 7.79. The summed E-state index contributed by atoms with van der Waals surface area (Å²) in [6.45, 7) is 2.40. The quantitative estimate of drug-likeness (QED) is 0.846. The van der Waals surface area contributed by atoms with Gasteiger partial charge in [0.05, 0.1) is 5.92 Å². The average Bonchev–Trinajstić information content (AvgIpc) is 2.45. The fourth-order valence-corrected chi connectivity index (χ4v) is 3.11. The van der Waals surface area contributed by atoms with Gasteiger partial charge in [-0.2, -0.15) is 0 Å². The molecule has 110 valence electrons. The zero-order chi connectivity index (χ0) is 14.5. The summed E-state index contributed by atoms with van der Waals surface area (Å²) in [5, 5.41) is 10.2. The van der Waals surface area contributed by atoms with Crippen LogP contribution in [-0.4, -0.2) is 41.5 Å². The summed E-state index contributed by atoms with van der Waals surface area (Å²) < 4.78 is 0. The summed E-state index contributed by atoms with van der Waals surface area (Å²) in [5.74, 6) is -0.396. The van der Waals surface area contributed by atoms with Gasteiger partial charge in [0, 0.05) is 17.4 Å². The average molecular weight is 316 g/mol. The van der Waals surface area contributed by atoms with E-state index in [-0.39, 0.29) is 11.8 Å². The predicted molar refractivity (Wildman–Crippen MR) is 81.7 cm³/mol. The van der Waals surface area contributed by atoms with Crippen molar-refractivity contribution in [3.05, 3.63) is 34.9 Å². The molecule has 0 spiro atoms. The lowest BCUT2D eigenvalue weighted by atomic mass is 9.80. The molecule has 1 heterocycles.